The van der Waals surface area contributed by atoms with Gasteiger partial charge in [-0.25, -0.2) is 4.98 Å². The molecule has 21 heavy (non-hydrogen) atoms. The summed E-state index contributed by atoms with van der Waals surface area (Å²) in [7, 11) is 0. The molecule has 0 unspecified atom stereocenters. The lowest BCUT2D eigenvalue weighted by Crippen LogP contribution is -2.32. The highest BCUT2D eigenvalue weighted by Crippen LogP contribution is 2.39. The molecule has 1 aromatic rings. The average Bonchev–Trinajstić information content (AvgIpc) is 3.41. The third-order valence-corrected chi connectivity index (χ3v) is 4.83. The van der Waals surface area contributed by atoms with Gasteiger partial charge in [-0.3, -0.25) is 0 Å². The Morgan fingerprint density at radius 3 is 2.81 bits per heavy atom. The molecule has 5 nitrogen and oxygen atoms in total. The van der Waals surface area contributed by atoms with E-state index in [4.69, 9.17) is 15.9 Å². The number of fused-ring (bicyclic) bond motifs is 1. The minimum Gasteiger partial charge on any atom is -0.409 e. The van der Waals surface area contributed by atoms with Crippen molar-refractivity contribution in [3.8, 4) is 0 Å². The predicted octanol–water partition coefficient (Wildman–Crippen LogP) is 2.04. The first-order chi connectivity index (χ1) is 10.3. The monoisotopic (exact) mass is 286 g/mol. The Bertz CT molecular complexity index is 590. The number of hydrogen-bond acceptors (Lipinski definition) is 4. The summed E-state index contributed by atoms with van der Waals surface area (Å²) in [5, 5.41) is 12.3. The van der Waals surface area contributed by atoms with E-state index in [0.717, 1.165) is 43.1 Å². The second-order valence-electron chi connectivity index (χ2n) is 6.63. The molecule has 0 amide bonds. The van der Waals surface area contributed by atoms with Gasteiger partial charge in [-0.1, -0.05) is 5.16 Å². The van der Waals surface area contributed by atoms with Crippen LogP contribution in [0.25, 0.3) is 0 Å². The maximum Gasteiger partial charge on any atom is 0.173 e. The summed E-state index contributed by atoms with van der Waals surface area (Å²) in [6.45, 7) is 1.07. The average molecular weight is 286 g/mol. The molecule has 0 aromatic carbocycles. The van der Waals surface area contributed by atoms with Crippen molar-refractivity contribution in [3.63, 3.8) is 0 Å². The third kappa shape index (κ3) is 2.45. The molecule has 4 rings (SSSR count). The van der Waals surface area contributed by atoms with E-state index in [1.165, 1.54) is 36.9 Å². The molecule has 1 aromatic heterocycles. The highest BCUT2D eigenvalue weighted by molar-refractivity contribution is 6.01. The number of nitrogens with two attached hydrogens (primary N) is 1. The zero-order chi connectivity index (χ0) is 14.4. The molecule has 2 saturated carbocycles. The molecule has 0 aliphatic heterocycles. The highest BCUT2D eigenvalue weighted by Gasteiger charge is 2.36. The summed E-state index contributed by atoms with van der Waals surface area (Å²) in [4.78, 5) is 7.34. The lowest BCUT2D eigenvalue weighted by Gasteiger charge is -2.26. The van der Waals surface area contributed by atoms with Crippen molar-refractivity contribution < 1.29 is 5.21 Å². The van der Waals surface area contributed by atoms with Gasteiger partial charge in [0.05, 0.1) is 5.56 Å². The van der Waals surface area contributed by atoms with E-state index in [0.29, 0.717) is 6.04 Å². The van der Waals surface area contributed by atoms with Gasteiger partial charge in [0.15, 0.2) is 5.84 Å². The lowest BCUT2D eigenvalue weighted by molar-refractivity contribution is 0.318. The Morgan fingerprint density at radius 1 is 1.33 bits per heavy atom. The third-order valence-electron chi connectivity index (χ3n) is 4.83. The zero-order valence-corrected chi connectivity index (χ0v) is 12.3. The minimum atomic E-state index is 0.189. The van der Waals surface area contributed by atoms with Crippen LogP contribution in [0.2, 0.25) is 0 Å². The van der Waals surface area contributed by atoms with Crippen molar-refractivity contribution in [1.82, 2.24) is 4.98 Å². The van der Waals surface area contributed by atoms with Gasteiger partial charge in [-0.15, -0.1) is 0 Å². The number of hydrogen-bond donors (Lipinski definition) is 2. The number of nitrogens with zero attached hydrogens (tertiary/aromatic N) is 3. The molecular weight excluding hydrogens is 264 g/mol. The van der Waals surface area contributed by atoms with Gasteiger partial charge in [0.1, 0.15) is 5.82 Å². The molecule has 0 bridgehead atoms. The predicted molar refractivity (Wildman–Crippen MR) is 81.9 cm³/mol. The number of rotatable bonds is 5. The molecule has 3 N–H and O–H groups in total. The van der Waals surface area contributed by atoms with E-state index in [1.807, 2.05) is 0 Å². The SMILES string of the molecule is NC(=NO)c1cc2c(nc1N(CC1CC1)C1CC1)CCC2. The van der Waals surface area contributed by atoms with Gasteiger partial charge in [0.2, 0.25) is 0 Å². The van der Waals surface area contributed by atoms with E-state index in [9.17, 15) is 0 Å². The Morgan fingerprint density at radius 2 is 2.14 bits per heavy atom. The van der Waals surface area contributed by atoms with Gasteiger partial charge in [0, 0.05) is 18.3 Å². The van der Waals surface area contributed by atoms with Crippen molar-refractivity contribution in [2.24, 2.45) is 16.8 Å². The standard InChI is InChI=1S/C16H22N4O/c17-15(19-21)13-8-11-2-1-3-14(11)18-16(13)20(12-6-7-12)9-10-4-5-10/h8,10,12,21H,1-7,9H2,(H2,17,19). The van der Waals surface area contributed by atoms with Gasteiger partial charge >= 0.3 is 0 Å². The first-order valence-corrected chi connectivity index (χ1v) is 8.03. The van der Waals surface area contributed by atoms with Gasteiger partial charge in [-0.2, -0.15) is 0 Å². The molecule has 112 valence electrons. The largest absolute Gasteiger partial charge is 0.409 e. The summed E-state index contributed by atoms with van der Waals surface area (Å²) in [6, 6.07) is 2.70. The maximum absolute atomic E-state index is 9.11. The van der Waals surface area contributed by atoms with Crippen LogP contribution in [0.5, 0.6) is 0 Å². The normalized spacial score (nSPS) is 21.4. The van der Waals surface area contributed by atoms with Crippen LogP contribution in [0.3, 0.4) is 0 Å². The van der Waals surface area contributed by atoms with Crippen LogP contribution in [0.15, 0.2) is 11.2 Å². The summed E-state index contributed by atoms with van der Waals surface area (Å²) >= 11 is 0. The molecule has 2 fully saturated rings. The summed E-state index contributed by atoms with van der Waals surface area (Å²) < 4.78 is 0. The number of pyridine rings is 1. The van der Waals surface area contributed by atoms with Crippen LogP contribution in [0, 0.1) is 5.92 Å². The van der Waals surface area contributed by atoms with Gasteiger partial charge < -0.3 is 15.8 Å². The molecule has 3 aliphatic rings. The summed E-state index contributed by atoms with van der Waals surface area (Å²) in [5.41, 5.74) is 9.21. The van der Waals surface area contributed by atoms with E-state index < -0.39 is 0 Å². The highest BCUT2D eigenvalue weighted by atomic mass is 16.4. The molecule has 0 spiro atoms. The van der Waals surface area contributed by atoms with E-state index >= 15 is 0 Å². The quantitative estimate of drug-likeness (QED) is 0.376. The van der Waals surface area contributed by atoms with Crippen LogP contribution in [-0.2, 0) is 12.8 Å². The maximum atomic E-state index is 9.11. The van der Waals surface area contributed by atoms with Crippen LogP contribution in [-0.4, -0.2) is 28.6 Å². The molecular formula is C16H22N4O. The summed E-state index contributed by atoms with van der Waals surface area (Å²) in [6.07, 6.45) is 8.40. The number of amidine groups is 1. The fraction of sp³-hybridized carbons (Fsp3) is 0.625. The Balaban J connectivity index is 1.76. The molecule has 3 aliphatic carbocycles. The van der Waals surface area contributed by atoms with Crippen molar-refractivity contribution >= 4 is 11.7 Å². The topological polar surface area (TPSA) is 74.7 Å². The Kier molecular flexibility index (Phi) is 3.01. The van der Waals surface area contributed by atoms with Gasteiger partial charge in [-0.05, 0) is 62.5 Å². The molecule has 1 heterocycles. The smallest absolute Gasteiger partial charge is 0.173 e. The first-order valence-electron chi connectivity index (χ1n) is 8.03. The number of oxime groups is 1. The van der Waals surface area contributed by atoms with Crippen molar-refractivity contribution in [2.45, 2.75) is 51.0 Å². The van der Waals surface area contributed by atoms with E-state index in [2.05, 4.69) is 16.1 Å². The fourth-order valence-corrected chi connectivity index (χ4v) is 3.30. The molecule has 0 atom stereocenters. The zero-order valence-electron chi connectivity index (χ0n) is 12.3. The number of aromatic nitrogens is 1. The van der Waals surface area contributed by atoms with Crippen LogP contribution >= 0.6 is 0 Å². The van der Waals surface area contributed by atoms with Crippen LogP contribution in [0.4, 0.5) is 5.82 Å². The van der Waals surface area contributed by atoms with Crippen molar-refractivity contribution in [1.29, 1.82) is 0 Å². The Labute approximate surface area is 124 Å². The first kappa shape index (κ1) is 12.9. The molecule has 0 radical (unpaired) electrons. The number of anilines is 1. The Hall–Kier alpha value is -1.78. The van der Waals surface area contributed by atoms with Crippen molar-refractivity contribution in [3.05, 3.63) is 22.9 Å². The lowest BCUT2D eigenvalue weighted by atomic mass is 10.1. The van der Waals surface area contributed by atoms with E-state index in [1.54, 1.807) is 0 Å². The van der Waals surface area contributed by atoms with Crippen molar-refractivity contribution in [2.75, 3.05) is 11.4 Å². The fourth-order valence-electron chi connectivity index (χ4n) is 3.30. The summed E-state index contributed by atoms with van der Waals surface area (Å²) in [5.74, 6) is 1.94. The van der Waals surface area contributed by atoms with Gasteiger partial charge in [0.25, 0.3) is 0 Å². The molecule has 0 saturated heterocycles. The van der Waals surface area contributed by atoms with Crippen LogP contribution in [0.1, 0.15) is 48.9 Å². The molecule has 5 heteroatoms. The second-order valence-corrected chi connectivity index (χ2v) is 6.63. The number of aryl methyl sites for hydroxylation is 2. The van der Waals surface area contributed by atoms with E-state index in [-0.39, 0.29) is 5.84 Å². The second kappa shape index (κ2) is 4.90. The van der Waals surface area contributed by atoms with Crippen LogP contribution < -0.4 is 10.6 Å². The minimum absolute atomic E-state index is 0.189.